The van der Waals surface area contributed by atoms with Crippen LogP contribution >= 0.6 is 0 Å². The van der Waals surface area contributed by atoms with Gasteiger partial charge in [-0.2, -0.15) is 0 Å². The Bertz CT molecular complexity index is 357. The molecule has 1 aromatic rings. The first-order valence-electron chi connectivity index (χ1n) is 6.36. The molecule has 102 valence electrons. The quantitative estimate of drug-likeness (QED) is 0.807. The van der Waals surface area contributed by atoms with Crippen molar-refractivity contribution in [3.05, 3.63) is 29.3 Å². The minimum atomic E-state index is -0.633. The molecule has 0 aliphatic rings. The maximum atomic E-state index is 13.7. The number of benzene rings is 1. The van der Waals surface area contributed by atoms with Gasteiger partial charge in [-0.05, 0) is 36.6 Å². The highest BCUT2D eigenvalue weighted by atomic mass is 19.1. The molecule has 4 heteroatoms. The minimum absolute atomic E-state index is 0.268. The van der Waals surface area contributed by atoms with Gasteiger partial charge >= 0.3 is 0 Å². The van der Waals surface area contributed by atoms with Crippen molar-refractivity contribution in [3.63, 3.8) is 0 Å². The maximum Gasteiger partial charge on any atom is 0.190 e. The van der Waals surface area contributed by atoms with Gasteiger partial charge in [0.2, 0.25) is 0 Å². The van der Waals surface area contributed by atoms with E-state index in [0.717, 1.165) is 13.0 Å². The van der Waals surface area contributed by atoms with Gasteiger partial charge in [0.05, 0.1) is 6.61 Å². The van der Waals surface area contributed by atoms with E-state index in [-0.39, 0.29) is 5.75 Å². The molecule has 0 saturated heterocycles. The summed E-state index contributed by atoms with van der Waals surface area (Å²) in [6, 6.07) is 2.63. The van der Waals surface area contributed by atoms with Crippen LogP contribution in [0, 0.1) is 17.6 Å². The molecule has 2 nitrogen and oxygen atoms in total. The van der Waals surface area contributed by atoms with Gasteiger partial charge in [0, 0.05) is 6.54 Å². The second-order valence-electron chi connectivity index (χ2n) is 4.70. The standard InChI is InChI=1S/C14H21F2NO/c1-4-17-9-11-7-12(15)14(13(16)8-11)18-6-5-10(2)3/h7-8,10,17H,4-6,9H2,1-3H3. The van der Waals surface area contributed by atoms with Crippen LogP contribution in [0.25, 0.3) is 0 Å². The normalized spacial score (nSPS) is 11.0. The van der Waals surface area contributed by atoms with Gasteiger partial charge in [-0.3, -0.25) is 0 Å². The molecular weight excluding hydrogens is 236 g/mol. The number of ether oxygens (including phenoxy) is 1. The lowest BCUT2D eigenvalue weighted by atomic mass is 10.1. The van der Waals surface area contributed by atoms with Gasteiger partial charge in [-0.25, -0.2) is 8.78 Å². The van der Waals surface area contributed by atoms with E-state index in [9.17, 15) is 8.78 Å². The van der Waals surface area contributed by atoms with Crippen molar-refractivity contribution < 1.29 is 13.5 Å². The van der Waals surface area contributed by atoms with E-state index in [1.54, 1.807) is 0 Å². The van der Waals surface area contributed by atoms with Gasteiger partial charge in [0.1, 0.15) is 0 Å². The van der Waals surface area contributed by atoms with Crippen molar-refractivity contribution in [2.45, 2.75) is 33.7 Å². The molecule has 0 unspecified atom stereocenters. The van der Waals surface area contributed by atoms with Crippen LogP contribution < -0.4 is 10.1 Å². The predicted molar refractivity (Wildman–Crippen MR) is 68.7 cm³/mol. The van der Waals surface area contributed by atoms with Gasteiger partial charge in [0.25, 0.3) is 0 Å². The lowest BCUT2D eigenvalue weighted by Crippen LogP contribution is -2.12. The SMILES string of the molecule is CCNCc1cc(F)c(OCCC(C)C)c(F)c1. The predicted octanol–water partition coefficient (Wildman–Crippen LogP) is 3.50. The minimum Gasteiger partial charge on any atom is -0.488 e. The summed E-state index contributed by atoms with van der Waals surface area (Å²) in [5.41, 5.74) is 0.586. The molecule has 0 aliphatic heterocycles. The fourth-order valence-electron chi connectivity index (χ4n) is 1.52. The largest absolute Gasteiger partial charge is 0.488 e. The third-order valence-corrected chi connectivity index (χ3v) is 2.58. The summed E-state index contributed by atoms with van der Waals surface area (Å²) in [6.07, 6.45) is 0.776. The number of hydrogen-bond donors (Lipinski definition) is 1. The van der Waals surface area contributed by atoms with Crippen molar-refractivity contribution in [2.75, 3.05) is 13.2 Å². The highest BCUT2D eigenvalue weighted by molar-refractivity contribution is 5.31. The van der Waals surface area contributed by atoms with E-state index in [4.69, 9.17) is 4.74 Å². The summed E-state index contributed by atoms with van der Waals surface area (Å²) in [6.45, 7) is 7.56. The molecule has 0 radical (unpaired) electrons. The van der Waals surface area contributed by atoms with Crippen LogP contribution in [-0.2, 0) is 6.54 Å². The van der Waals surface area contributed by atoms with Crippen molar-refractivity contribution in [3.8, 4) is 5.75 Å². The zero-order chi connectivity index (χ0) is 13.5. The molecule has 0 aromatic heterocycles. The number of rotatable bonds is 7. The average Bonchev–Trinajstić information content (AvgIpc) is 2.29. The van der Waals surface area contributed by atoms with Crippen LogP contribution in [0.3, 0.4) is 0 Å². The number of halogens is 2. The summed E-state index contributed by atoms with van der Waals surface area (Å²) in [7, 11) is 0. The molecule has 18 heavy (non-hydrogen) atoms. The van der Waals surface area contributed by atoms with E-state index >= 15 is 0 Å². The fourth-order valence-corrected chi connectivity index (χ4v) is 1.52. The number of hydrogen-bond acceptors (Lipinski definition) is 2. The first kappa shape index (κ1) is 14.9. The Balaban J connectivity index is 2.68. The Hall–Kier alpha value is -1.16. The second kappa shape index (κ2) is 7.31. The lowest BCUT2D eigenvalue weighted by Gasteiger charge is -2.11. The van der Waals surface area contributed by atoms with Crippen LogP contribution in [0.1, 0.15) is 32.8 Å². The van der Waals surface area contributed by atoms with Crippen LogP contribution in [-0.4, -0.2) is 13.2 Å². The molecule has 0 amide bonds. The van der Waals surface area contributed by atoms with E-state index in [0.29, 0.717) is 24.6 Å². The van der Waals surface area contributed by atoms with Crippen LogP contribution in [0.15, 0.2) is 12.1 Å². The molecule has 1 aromatic carbocycles. The molecule has 0 spiro atoms. The van der Waals surface area contributed by atoms with E-state index in [1.807, 2.05) is 20.8 Å². The van der Waals surface area contributed by atoms with Gasteiger partial charge in [-0.1, -0.05) is 20.8 Å². The zero-order valence-corrected chi connectivity index (χ0v) is 11.2. The molecule has 1 N–H and O–H groups in total. The highest BCUT2D eigenvalue weighted by Crippen LogP contribution is 2.23. The summed E-state index contributed by atoms with van der Waals surface area (Å²) in [5.74, 6) is -1.08. The summed E-state index contributed by atoms with van der Waals surface area (Å²) >= 11 is 0. The van der Waals surface area contributed by atoms with Gasteiger partial charge in [0.15, 0.2) is 17.4 Å². The molecule has 0 saturated carbocycles. The van der Waals surface area contributed by atoms with E-state index in [1.165, 1.54) is 12.1 Å². The molecular formula is C14H21F2NO. The first-order valence-corrected chi connectivity index (χ1v) is 6.36. The van der Waals surface area contributed by atoms with Crippen molar-refractivity contribution in [2.24, 2.45) is 5.92 Å². The van der Waals surface area contributed by atoms with Crippen molar-refractivity contribution in [1.82, 2.24) is 5.32 Å². The molecule has 0 bridgehead atoms. The van der Waals surface area contributed by atoms with E-state index in [2.05, 4.69) is 5.32 Å². The molecule has 0 heterocycles. The van der Waals surface area contributed by atoms with Crippen LogP contribution in [0.5, 0.6) is 5.75 Å². The first-order chi connectivity index (χ1) is 8.54. The lowest BCUT2D eigenvalue weighted by molar-refractivity contribution is 0.263. The Morgan fingerprint density at radius 1 is 1.22 bits per heavy atom. The van der Waals surface area contributed by atoms with Crippen LogP contribution in [0.4, 0.5) is 8.78 Å². The Labute approximate surface area is 107 Å². The maximum absolute atomic E-state index is 13.7. The summed E-state index contributed by atoms with van der Waals surface area (Å²) < 4.78 is 32.5. The summed E-state index contributed by atoms with van der Waals surface area (Å²) in [5, 5.41) is 3.02. The third-order valence-electron chi connectivity index (χ3n) is 2.58. The van der Waals surface area contributed by atoms with Gasteiger partial charge < -0.3 is 10.1 Å². The average molecular weight is 257 g/mol. The smallest absolute Gasteiger partial charge is 0.190 e. The Morgan fingerprint density at radius 3 is 2.33 bits per heavy atom. The van der Waals surface area contributed by atoms with Gasteiger partial charge in [-0.15, -0.1) is 0 Å². The molecule has 0 aliphatic carbocycles. The zero-order valence-electron chi connectivity index (χ0n) is 11.2. The second-order valence-corrected chi connectivity index (χ2v) is 4.70. The van der Waals surface area contributed by atoms with E-state index < -0.39 is 11.6 Å². The molecule has 0 fully saturated rings. The monoisotopic (exact) mass is 257 g/mol. The topological polar surface area (TPSA) is 21.3 Å². The molecule has 0 atom stereocenters. The third kappa shape index (κ3) is 4.61. The Morgan fingerprint density at radius 2 is 1.83 bits per heavy atom. The highest BCUT2D eigenvalue weighted by Gasteiger charge is 2.12. The molecule has 1 rings (SSSR count). The fraction of sp³-hybridized carbons (Fsp3) is 0.571. The van der Waals surface area contributed by atoms with Crippen LogP contribution in [0.2, 0.25) is 0 Å². The number of nitrogens with one attached hydrogen (secondary N) is 1. The van der Waals surface area contributed by atoms with Crippen molar-refractivity contribution in [1.29, 1.82) is 0 Å². The Kier molecular flexibility index (Phi) is 6.05. The summed E-state index contributed by atoms with van der Waals surface area (Å²) in [4.78, 5) is 0. The van der Waals surface area contributed by atoms with Crippen molar-refractivity contribution >= 4 is 0 Å².